The van der Waals surface area contributed by atoms with Gasteiger partial charge in [0, 0.05) is 24.4 Å². The molecule has 3 nitrogen and oxygen atoms in total. The van der Waals surface area contributed by atoms with Crippen molar-refractivity contribution >= 4 is 28.8 Å². The van der Waals surface area contributed by atoms with E-state index in [2.05, 4.69) is 0 Å². The molecule has 1 aromatic heterocycles. The number of rotatable bonds is 4. The van der Waals surface area contributed by atoms with Gasteiger partial charge in [-0.05, 0) is 12.1 Å². The maximum Gasteiger partial charge on any atom is 0.226 e. The van der Waals surface area contributed by atoms with Gasteiger partial charge >= 0.3 is 0 Å². The minimum Gasteiger partial charge on any atom is -0.340 e. The zero-order valence-corrected chi connectivity index (χ0v) is 10.4. The van der Waals surface area contributed by atoms with E-state index < -0.39 is 0 Å². The maximum absolute atomic E-state index is 11.7. The van der Waals surface area contributed by atoms with Gasteiger partial charge in [-0.2, -0.15) is 0 Å². The van der Waals surface area contributed by atoms with Crippen LogP contribution in [0, 0.1) is 5.92 Å². The van der Waals surface area contributed by atoms with Gasteiger partial charge in [-0.15, -0.1) is 11.3 Å². The first-order valence-corrected chi connectivity index (χ1v) is 5.93. The Hall–Kier alpha value is -0.580. The van der Waals surface area contributed by atoms with Crippen LogP contribution in [0.25, 0.3) is 0 Å². The summed E-state index contributed by atoms with van der Waals surface area (Å²) in [6.45, 7) is 2.81. The summed E-state index contributed by atoms with van der Waals surface area (Å²) in [5.74, 6) is -0.0487. The van der Waals surface area contributed by atoms with E-state index in [0.29, 0.717) is 13.1 Å². The molecule has 1 unspecified atom stereocenters. The molecule has 1 atom stereocenters. The van der Waals surface area contributed by atoms with E-state index in [4.69, 9.17) is 17.3 Å². The summed E-state index contributed by atoms with van der Waals surface area (Å²) in [6, 6.07) is 3.77. The molecule has 0 fully saturated rings. The molecule has 0 saturated carbocycles. The molecule has 1 rings (SSSR count). The van der Waals surface area contributed by atoms with E-state index in [-0.39, 0.29) is 11.8 Å². The lowest BCUT2D eigenvalue weighted by Gasteiger charge is -2.19. The Morgan fingerprint density at radius 2 is 2.33 bits per heavy atom. The van der Waals surface area contributed by atoms with Crippen LogP contribution < -0.4 is 5.73 Å². The van der Waals surface area contributed by atoms with Crippen molar-refractivity contribution < 1.29 is 4.79 Å². The number of carbonyl (C=O) groups excluding carboxylic acids is 1. The molecule has 0 radical (unpaired) electrons. The van der Waals surface area contributed by atoms with Crippen LogP contribution in [-0.2, 0) is 11.3 Å². The van der Waals surface area contributed by atoms with Gasteiger partial charge < -0.3 is 10.6 Å². The van der Waals surface area contributed by atoms with Gasteiger partial charge in [-0.3, -0.25) is 4.79 Å². The number of halogens is 1. The van der Waals surface area contributed by atoms with Crippen LogP contribution in [0.1, 0.15) is 11.8 Å². The van der Waals surface area contributed by atoms with Crippen molar-refractivity contribution in [3.05, 3.63) is 21.3 Å². The number of nitrogens with zero attached hydrogens (tertiary/aromatic N) is 1. The highest BCUT2D eigenvalue weighted by Gasteiger charge is 2.16. The minimum atomic E-state index is -0.120. The van der Waals surface area contributed by atoms with Crippen molar-refractivity contribution in [2.24, 2.45) is 11.7 Å². The lowest BCUT2D eigenvalue weighted by molar-refractivity contribution is -0.133. The maximum atomic E-state index is 11.7. The molecule has 0 spiro atoms. The first-order chi connectivity index (χ1) is 7.04. The van der Waals surface area contributed by atoms with Gasteiger partial charge in [0.15, 0.2) is 0 Å². The van der Waals surface area contributed by atoms with E-state index >= 15 is 0 Å². The fourth-order valence-corrected chi connectivity index (χ4v) is 2.37. The standard InChI is InChI=1S/C10H15ClN2OS/c1-7(5-12)10(14)13(2)6-8-3-4-9(11)15-8/h3-4,7H,5-6,12H2,1-2H3. The van der Waals surface area contributed by atoms with Gasteiger partial charge in [0.1, 0.15) is 0 Å². The normalized spacial score (nSPS) is 12.5. The van der Waals surface area contributed by atoms with Crippen LogP contribution in [0.4, 0.5) is 0 Å². The summed E-state index contributed by atoms with van der Waals surface area (Å²) < 4.78 is 0.748. The number of amides is 1. The van der Waals surface area contributed by atoms with Gasteiger partial charge in [0.05, 0.1) is 10.9 Å². The van der Waals surface area contributed by atoms with E-state index in [1.807, 2.05) is 19.1 Å². The SMILES string of the molecule is CC(CN)C(=O)N(C)Cc1ccc(Cl)s1. The average Bonchev–Trinajstić information content (AvgIpc) is 2.61. The van der Waals surface area contributed by atoms with Crippen LogP contribution in [0.15, 0.2) is 12.1 Å². The summed E-state index contributed by atoms with van der Waals surface area (Å²) in [4.78, 5) is 14.5. The number of carbonyl (C=O) groups is 1. The first-order valence-electron chi connectivity index (χ1n) is 4.74. The molecule has 0 aliphatic carbocycles. The minimum absolute atomic E-state index is 0.0713. The second kappa shape index (κ2) is 5.49. The summed E-state index contributed by atoms with van der Waals surface area (Å²) >= 11 is 7.30. The summed E-state index contributed by atoms with van der Waals surface area (Å²) in [6.07, 6.45) is 0. The van der Waals surface area contributed by atoms with Gasteiger partial charge in [-0.1, -0.05) is 18.5 Å². The Morgan fingerprint density at radius 1 is 1.67 bits per heavy atom. The molecular weight excluding hydrogens is 232 g/mol. The van der Waals surface area contributed by atoms with Gasteiger partial charge in [-0.25, -0.2) is 0 Å². The Morgan fingerprint density at radius 3 is 2.80 bits per heavy atom. The smallest absolute Gasteiger partial charge is 0.226 e. The predicted octanol–water partition coefficient (Wildman–Crippen LogP) is 1.95. The van der Waals surface area contributed by atoms with Crippen molar-refractivity contribution in [2.75, 3.05) is 13.6 Å². The number of thiophene rings is 1. The Bertz CT molecular complexity index is 340. The highest BCUT2D eigenvalue weighted by Crippen LogP contribution is 2.22. The Balaban J connectivity index is 2.55. The molecule has 1 aromatic rings. The fraction of sp³-hybridized carbons (Fsp3) is 0.500. The van der Waals surface area contributed by atoms with Crippen molar-refractivity contribution in [1.82, 2.24) is 4.90 Å². The molecule has 0 aromatic carbocycles. The molecular formula is C10H15ClN2OS. The van der Waals surface area contributed by atoms with Gasteiger partial charge in [0.2, 0.25) is 5.91 Å². The lowest BCUT2D eigenvalue weighted by atomic mass is 10.1. The summed E-state index contributed by atoms with van der Waals surface area (Å²) in [5, 5.41) is 0. The highest BCUT2D eigenvalue weighted by molar-refractivity contribution is 7.16. The molecule has 1 amide bonds. The number of hydrogen-bond donors (Lipinski definition) is 1. The van der Waals surface area contributed by atoms with Crippen LogP contribution >= 0.6 is 22.9 Å². The van der Waals surface area contributed by atoms with Crippen molar-refractivity contribution in [3.8, 4) is 0 Å². The molecule has 0 aliphatic rings. The van der Waals surface area contributed by atoms with Crippen molar-refractivity contribution in [3.63, 3.8) is 0 Å². The zero-order valence-electron chi connectivity index (χ0n) is 8.87. The summed E-state index contributed by atoms with van der Waals surface area (Å²) in [7, 11) is 1.78. The second-order valence-corrected chi connectivity index (χ2v) is 5.34. The van der Waals surface area contributed by atoms with Gasteiger partial charge in [0.25, 0.3) is 0 Å². The molecule has 0 bridgehead atoms. The molecule has 2 N–H and O–H groups in total. The zero-order chi connectivity index (χ0) is 11.4. The topological polar surface area (TPSA) is 46.3 Å². The van der Waals surface area contributed by atoms with Crippen LogP contribution in [0.5, 0.6) is 0 Å². The molecule has 0 saturated heterocycles. The molecule has 5 heteroatoms. The van der Waals surface area contributed by atoms with E-state index in [1.165, 1.54) is 11.3 Å². The van der Waals surface area contributed by atoms with E-state index in [1.54, 1.807) is 11.9 Å². The Labute approximate surface area is 98.8 Å². The third-order valence-corrected chi connectivity index (χ3v) is 3.39. The largest absolute Gasteiger partial charge is 0.340 e. The summed E-state index contributed by atoms with van der Waals surface area (Å²) in [5.41, 5.74) is 5.44. The molecule has 15 heavy (non-hydrogen) atoms. The van der Waals surface area contributed by atoms with Crippen molar-refractivity contribution in [1.29, 1.82) is 0 Å². The highest BCUT2D eigenvalue weighted by atomic mass is 35.5. The monoisotopic (exact) mass is 246 g/mol. The third-order valence-electron chi connectivity index (χ3n) is 2.17. The Kier molecular flexibility index (Phi) is 4.57. The lowest BCUT2D eigenvalue weighted by Crippen LogP contribution is -2.34. The molecule has 84 valence electrons. The predicted molar refractivity (Wildman–Crippen MR) is 64.0 cm³/mol. The third kappa shape index (κ3) is 3.48. The average molecular weight is 247 g/mol. The van der Waals surface area contributed by atoms with Crippen molar-refractivity contribution in [2.45, 2.75) is 13.5 Å². The first kappa shape index (κ1) is 12.5. The quantitative estimate of drug-likeness (QED) is 0.883. The number of hydrogen-bond acceptors (Lipinski definition) is 3. The van der Waals surface area contributed by atoms with Crippen LogP contribution in [0.2, 0.25) is 4.34 Å². The fourth-order valence-electron chi connectivity index (χ4n) is 1.23. The number of nitrogens with two attached hydrogens (primary N) is 1. The van der Waals surface area contributed by atoms with Crippen LogP contribution in [0.3, 0.4) is 0 Å². The van der Waals surface area contributed by atoms with E-state index in [9.17, 15) is 4.79 Å². The second-order valence-electron chi connectivity index (χ2n) is 3.54. The molecule has 0 aliphatic heterocycles. The molecule has 1 heterocycles. The van der Waals surface area contributed by atoms with E-state index in [0.717, 1.165) is 9.21 Å². The van der Waals surface area contributed by atoms with Crippen LogP contribution in [-0.4, -0.2) is 24.4 Å².